The average molecular weight is 386 g/mol. The van der Waals surface area contributed by atoms with E-state index in [0.717, 1.165) is 20.4 Å². The molecule has 0 spiro atoms. The van der Waals surface area contributed by atoms with Gasteiger partial charge in [-0.1, -0.05) is 29.8 Å². The molecular weight excluding hydrogens is 373 g/mol. The van der Waals surface area contributed by atoms with Gasteiger partial charge in [-0.2, -0.15) is 0 Å². The fourth-order valence-corrected chi connectivity index (χ4v) is 2.46. The Labute approximate surface area is 131 Å². The monoisotopic (exact) mass is 385 g/mol. The van der Waals surface area contributed by atoms with Crippen molar-refractivity contribution in [3.05, 3.63) is 62.2 Å². The van der Waals surface area contributed by atoms with Crippen LogP contribution < -0.4 is 5.32 Å². The Morgan fingerprint density at radius 1 is 1.26 bits per heavy atom. The third-order valence-corrected chi connectivity index (χ3v) is 3.63. The van der Waals surface area contributed by atoms with Gasteiger partial charge in [0.25, 0.3) is 0 Å². The first-order valence-corrected chi connectivity index (χ1v) is 7.31. The van der Waals surface area contributed by atoms with E-state index >= 15 is 0 Å². The summed E-state index contributed by atoms with van der Waals surface area (Å²) in [5.41, 5.74) is 2.83. The molecule has 0 aliphatic carbocycles. The normalized spacial score (nSPS) is 10.3. The quantitative estimate of drug-likeness (QED) is 0.778. The molecule has 0 saturated carbocycles. The Morgan fingerprint density at radius 2 is 2.05 bits per heavy atom. The highest BCUT2D eigenvalue weighted by Crippen LogP contribution is 2.19. The van der Waals surface area contributed by atoms with Crippen molar-refractivity contribution in [2.45, 2.75) is 13.3 Å². The Balaban J connectivity index is 2.07. The molecule has 2 aromatic rings. The van der Waals surface area contributed by atoms with E-state index in [-0.39, 0.29) is 5.91 Å². The van der Waals surface area contributed by atoms with Crippen LogP contribution in [-0.2, 0) is 11.2 Å². The molecule has 1 amide bonds. The molecule has 0 heterocycles. The minimum Gasteiger partial charge on any atom is -0.326 e. The first-order valence-electron chi connectivity index (χ1n) is 5.85. The maximum atomic E-state index is 12.0. The maximum Gasteiger partial charge on any atom is 0.228 e. The molecule has 2 rings (SSSR count). The second-order valence-corrected chi connectivity index (χ2v) is 6.00. The van der Waals surface area contributed by atoms with Crippen LogP contribution in [0, 0.1) is 10.5 Å². The van der Waals surface area contributed by atoms with E-state index in [1.54, 1.807) is 6.07 Å². The number of benzene rings is 2. The lowest BCUT2D eigenvalue weighted by molar-refractivity contribution is -0.115. The van der Waals surface area contributed by atoms with Crippen molar-refractivity contribution < 1.29 is 4.79 Å². The van der Waals surface area contributed by atoms with Gasteiger partial charge >= 0.3 is 0 Å². The van der Waals surface area contributed by atoms with E-state index in [0.29, 0.717) is 11.4 Å². The standard InChI is InChI=1S/C15H13ClINO/c1-10-5-6-13(17)9-14(10)18-15(19)8-11-3-2-4-12(16)7-11/h2-7,9H,8H2,1H3,(H,18,19). The van der Waals surface area contributed by atoms with Gasteiger partial charge in [-0.15, -0.1) is 0 Å². The minimum atomic E-state index is -0.0348. The van der Waals surface area contributed by atoms with Crippen molar-refractivity contribution in [2.24, 2.45) is 0 Å². The van der Waals surface area contributed by atoms with Crippen LogP contribution in [0.3, 0.4) is 0 Å². The highest BCUT2D eigenvalue weighted by Gasteiger charge is 2.06. The Bertz CT molecular complexity index is 613. The van der Waals surface area contributed by atoms with Crippen molar-refractivity contribution in [3.63, 3.8) is 0 Å². The molecule has 0 atom stereocenters. The fraction of sp³-hybridized carbons (Fsp3) is 0.133. The number of nitrogens with one attached hydrogen (secondary N) is 1. The van der Waals surface area contributed by atoms with Crippen LogP contribution in [0.4, 0.5) is 5.69 Å². The number of carbonyl (C=O) groups excluding carboxylic acids is 1. The highest BCUT2D eigenvalue weighted by molar-refractivity contribution is 14.1. The average Bonchev–Trinajstić information content (AvgIpc) is 2.34. The molecule has 0 saturated heterocycles. The number of rotatable bonds is 3. The summed E-state index contributed by atoms with van der Waals surface area (Å²) in [6.07, 6.45) is 0.325. The molecule has 98 valence electrons. The van der Waals surface area contributed by atoms with Gasteiger partial charge in [0.05, 0.1) is 6.42 Å². The van der Waals surface area contributed by atoms with Crippen molar-refractivity contribution in [1.29, 1.82) is 0 Å². The molecule has 0 fully saturated rings. The van der Waals surface area contributed by atoms with Crippen molar-refractivity contribution in [3.8, 4) is 0 Å². The zero-order valence-corrected chi connectivity index (χ0v) is 13.3. The van der Waals surface area contributed by atoms with Crippen LogP contribution >= 0.6 is 34.2 Å². The van der Waals surface area contributed by atoms with Crippen LogP contribution in [0.25, 0.3) is 0 Å². The Morgan fingerprint density at radius 3 is 2.79 bits per heavy atom. The summed E-state index contributed by atoms with van der Waals surface area (Å²) < 4.78 is 1.10. The Hall–Kier alpha value is -1.07. The van der Waals surface area contributed by atoms with Gasteiger partial charge in [-0.05, 0) is 64.9 Å². The summed E-state index contributed by atoms with van der Waals surface area (Å²) >= 11 is 8.13. The van der Waals surface area contributed by atoms with Crippen molar-refractivity contribution in [1.82, 2.24) is 0 Å². The molecule has 0 aliphatic rings. The van der Waals surface area contributed by atoms with Gasteiger partial charge in [0.1, 0.15) is 0 Å². The number of carbonyl (C=O) groups is 1. The van der Waals surface area contributed by atoms with Crippen LogP contribution in [0.15, 0.2) is 42.5 Å². The summed E-state index contributed by atoms with van der Waals surface area (Å²) in [6.45, 7) is 1.98. The molecule has 0 unspecified atom stereocenters. The molecule has 19 heavy (non-hydrogen) atoms. The lowest BCUT2D eigenvalue weighted by Gasteiger charge is -2.09. The molecule has 2 aromatic carbocycles. The topological polar surface area (TPSA) is 29.1 Å². The zero-order valence-electron chi connectivity index (χ0n) is 10.4. The first kappa shape index (κ1) is 14.3. The smallest absolute Gasteiger partial charge is 0.228 e. The summed E-state index contributed by atoms with van der Waals surface area (Å²) in [7, 11) is 0. The minimum absolute atomic E-state index is 0.0348. The van der Waals surface area contributed by atoms with Crippen LogP contribution in [-0.4, -0.2) is 5.91 Å². The predicted octanol–water partition coefficient (Wildman–Crippen LogP) is 4.43. The predicted molar refractivity (Wildman–Crippen MR) is 87.7 cm³/mol. The number of halogens is 2. The zero-order chi connectivity index (χ0) is 13.8. The largest absolute Gasteiger partial charge is 0.326 e. The Kier molecular flexibility index (Phi) is 4.82. The van der Waals surface area contributed by atoms with Gasteiger partial charge in [0, 0.05) is 14.3 Å². The van der Waals surface area contributed by atoms with E-state index in [1.807, 2.05) is 43.3 Å². The maximum absolute atomic E-state index is 12.0. The molecular formula is C15H13ClINO. The molecule has 4 heteroatoms. The fourth-order valence-electron chi connectivity index (χ4n) is 1.76. The first-order chi connectivity index (χ1) is 9.04. The van der Waals surface area contributed by atoms with Crippen LogP contribution in [0.5, 0.6) is 0 Å². The van der Waals surface area contributed by atoms with Crippen molar-refractivity contribution >= 4 is 45.8 Å². The van der Waals surface area contributed by atoms with Gasteiger partial charge < -0.3 is 5.32 Å². The third-order valence-electron chi connectivity index (χ3n) is 2.73. The molecule has 0 radical (unpaired) electrons. The van der Waals surface area contributed by atoms with E-state index in [2.05, 4.69) is 27.9 Å². The van der Waals surface area contributed by atoms with Gasteiger partial charge in [-0.3, -0.25) is 4.79 Å². The summed E-state index contributed by atoms with van der Waals surface area (Å²) in [4.78, 5) is 12.0. The summed E-state index contributed by atoms with van der Waals surface area (Å²) in [5, 5.41) is 3.58. The number of aryl methyl sites for hydroxylation is 1. The van der Waals surface area contributed by atoms with Crippen LogP contribution in [0.1, 0.15) is 11.1 Å². The molecule has 0 aromatic heterocycles. The molecule has 0 aliphatic heterocycles. The van der Waals surface area contributed by atoms with E-state index in [4.69, 9.17) is 11.6 Å². The lowest BCUT2D eigenvalue weighted by atomic mass is 10.1. The van der Waals surface area contributed by atoms with Crippen LogP contribution in [0.2, 0.25) is 5.02 Å². The number of hydrogen-bond donors (Lipinski definition) is 1. The SMILES string of the molecule is Cc1ccc(I)cc1NC(=O)Cc1cccc(Cl)c1. The van der Waals surface area contributed by atoms with E-state index < -0.39 is 0 Å². The summed E-state index contributed by atoms with van der Waals surface area (Å²) in [5.74, 6) is -0.0348. The lowest BCUT2D eigenvalue weighted by Crippen LogP contribution is -2.15. The summed E-state index contributed by atoms with van der Waals surface area (Å²) in [6, 6.07) is 13.3. The number of hydrogen-bond acceptors (Lipinski definition) is 1. The van der Waals surface area contributed by atoms with Gasteiger partial charge in [0.15, 0.2) is 0 Å². The second kappa shape index (κ2) is 6.39. The third kappa shape index (κ3) is 4.21. The van der Waals surface area contributed by atoms with E-state index in [9.17, 15) is 4.79 Å². The molecule has 1 N–H and O–H groups in total. The van der Waals surface area contributed by atoms with Gasteiger partial charge in [0.2, 0.25) is 5.91 Å². The highest BCUT2D eigenvalue weighted by atomic mass is 127. The molecule has 2 nitrogen and oxygen atoms in total. The number of anilines is 1. The van der Waals surface area contributed by atoms with E-state index in [1.165, 1.54) is 0 Å². The second-order valence-electron chi connectivity index (χ2n) is 4.31. The molecule has 0 bridgehead atoms. The van der Waals surface area contributed by atoms with Crippen molar-refractivity contribution in [2.75, 3.05) is 5.32 Å². The van der Waals surface area contributed by atoms with Gasteiger partial charge in [-0.25, -0.2) is 0 Å². The number of amides is 1.